The van der Waals surface area contributed by atoms with Crippen molar-refractivity contribution in [1.82, 2.24) is 20.6 Å². The summed E-state index contributed by atoms with van der Waals surface area (Å²) in [7, 11) is 0. The molecule has 0 fully saturated rings. The Hall–Kier alpha value is -5.96. The highest BCUT2D eigenvalue weighted by Crippen LogP contribution is 2.31. The molecule has 0 saturated carbocycles. The fourth-order valence-electron chi connectivity index (χ4n) is 6.09. The van der Waals surface area contributed by atoms with E-state index < -0.39 is 0 Å². The SMILES string of the molecule is N=C(C1=NCCCN1)c1ccc2cc(-c3ccc(Oc4ccc(-c5cc6ccc(C(=N)C7=NCCCN7)cc6[nH]5)cc4)cc3)[nH]c2c1. The number of H-pyrrole nitrogens is 2. The van der Waals surface area contributed by atoms with Crippen LogP contribution in [-0.2, 0) is 0 Å². The molecule has 0 spiro atoms. The quantitative estimate of drug-likeness (QED) is 0.0999. The minimum Gasteiger partial charge on any atom is -0.457 e. The number of aliphatic imine (C=N–C) groups is 2. The summed E-state index contributed by atoms with van der Waals surface area (Å²) < 4.78 is 6.18. The highest BCUT2D eigenvalue weighted by Gasteiger charge is 2.15. The third kappa shape index (κ3) is 5.79. The van der Waals surface area contributed by atoms with E-state index in [0.717, 1.165) is 106 Å². The maximum atomic E-state index is 8.58. The average Bonchev–Trinajstić information content (AvgIpc) is 3.76. The maximum Gasteiger partial charge on any atom is 0.147 e. The predicted molar refractivity (Wildman–Crippen MR) is 191 cm³/mol. The number of ether oxygens (including phenoxy) is 1. The lowest BCUT2D eigenvalue weighted by molar-refractivity contribution is 0.483. The summed E-state index contributed by atoms with van der Waals surface area (Å²) in [6.45, 7) is 3.24. The van der Waals surface area contributed by atoms with Crippen LogP contribution in [0.15, 0.2) is 107 Å². The normalized spacial score (nSPS) is 14.6. The monoisotopic (exact) mass is 618 g/mol. The van der Waals surface area contributed by atoms with E-state index in [9.17, 15) is 0 Å². The molecular weight excluding hydrogens is 584 g/mol. The second-order valence-electron chi connectivity index (χ2n) is 11.9. The Morgan fingerprint density at radius 3 is 1.40 bits per heavy atom. The van der Waals surface area contributed by atoms with E-state index in [1.54, 1.807) is 0 Å². The third-order valence-corrected chi connectivity index (χ3v) is 8.66. The molecule has 2 aliphatic rings. The molecule has 232 valence electrons. The Kier molecular flexibility index (Phi) is 7.33. The topological polar surface area (TPSA) is 137 Å². The lowest BCUT2D eigenvalue weighted by atomic mass is 10.1. The zero-order chi connectivity index (χ0) is 31.7. The van der Waals surface area contributed by atoms with Crippen LogP contribution >= 0.6 is 0 Å². The van der Waals surface area contributed by atoms with Gasteiger partial charge in [-0.3, -0.25) is 20.8 Å². The Morgan fingerprint density at radius 1 is 0.553 bits per heavy atom. The van der Waals surface area contributed by atoms with Gasteiger partial charge >= 0.3 is 0 Å². The molecule has 6 aromatic rings. The van der Waals surface area contributed by atoms with E-state index in [-0.39, 0.29) is 0 Å². The van der Waals surface area contributed by atoms with E-state index in [0.29, 0.717) is 23.1 Å². The van der Waals surface area contributed by atoms with Crippen LogP contribution in [-0.4, -0.2) is 59.2 Å². The summed E-state index contributed by atoms with van der Waals surface area (Å²) in [4.78, 5) is 16.0. The molecule has 0 unspecified atom stereocenters. The van der Waals surface area contributed by atoms with Gasteiger partial charge in [0.15, 0.2) is 0 Å². The van der Waals surface area contributed by atoms with Crippen LogP contribution < -0.4 is 15.4 Å². The van der Waals surface area contributed by atoms with Crippen LogP contribution in [0.25, 0.3) is 44.3 Å². The number of aromatic amines is 2. The van der Waals surface area contributed by atoms with Crippen LogP contribution in [0.4, 0.5) is 0 Å². The molecule has 8 rings (SSSR count). The summed E-state index contributed by atoms with van der Waals surface area (Å²) in [5, 5.41) is 25.8. The summed E-state index contributed by atoms with van der Waals surface area (Å²) in [6, 6.07) is 32.5. The number of nitrogens with one attached hydrogen (secondary N) is 6. The van der Waals surface area contributed by atoms with E-state index in [1.165, 1.54) is 0 Å². The Balaban J connectivity index is 0.943. The zero-order valence-corrected chi connectivity index (χ0v) is 25.8. The fourth-order valence-corrected chi connectivity index (χ4v) is 6.09. The minimum absolute atomic E-state index is 0.425. The molecule has 0 amide bonds. The van der Waals surface area contributed by atoms with Crippen molar-refractivity contribution in [2.45, 2.75) is 12.8 Å². The highest BCUT2D eigenvalue weighted by molar-refractivity contribution is 6.47. The Bertz CT molecular complexity index is 2050. The third-order valence-electron chi connectivity index (χ3n) is 8.66. The highest BCUT2D eigenvalue weighted by atomic mass is 16.5. The zero-order valence-electron chi connectivity index (χ0n) is 25.8. The summed E-state index contributed by atoms with van der Waals surface area (Å²) in [5.74, 6) is 2.85. The van der Waals surface area contributed by atoms with Gasteiger partial charge in [0.1, 0.15) is 34.6 Å². The molecule has 0 atom stereocenters. The molecule has 4 heterocycles. The molecular formula is C38H34N8O. The van der Waals surface area contributed by atoms with Gasteiger partial charge in [0.05, 0.1) is 0 Å². The molecule has 47 heavy (non-hydrogen) atoms. The van der Waals surface area contributed by atoms with Crippen molar-refractivity contribution >= 4 is 44.9 Å². The molecule has 0 bridgehead atoms. The first-order valence-electron chi connectivity index (χ1n) is 16.0. The fraction of sp³-hybridized carbons (Fsp3) is 0.158. The molecule has 2 aliphatic heterocycles. The van der Waals surface area contributed by atoms with Gasteiger partial charge in [-0.05, 0) is 96.8 Å². The van der Waals surface area contributed by atoms with Crippen molar-refractivity contribution in [1.29, 1.82) is 10.8 Å². The van der Waals surface area contributed by atoms with E-state index >= 15 is 0 Å². The first-order valence-corrected chi connectivity index (χ1v) is 16.0. The lowest BCUT2D eigenvalue weighted by Crippen LogP contribution is -2.35. The first-order chi connectivity index (χ1) is 23.1. The van der Waals surface area contributed by atoms with Gasteiger partial charge < -0.3 is 25.3 Å². The number of hydrogen-bond donors (Lipinski definition) is 6. The minimum atomic E-state index is 0.425. The van der Waals surface area contributed by atoms with Gasteiger partial charge in [0, 0.05) is 70.5 Å². The molecule has 0 radical (unpaired) electrons. The Morgan fingerprint density at radius 2 is 1.00 bits per heavy atom. The standard InChI is InChI=1S/C38H34N8O/c39-35(37-41-15-1-16-42-37)27-5-3-25-19-31(45-33(25)21-27)23-7-11-29(12-8-23)47-30-13-9-24(10-14-30)32-20-26-4-6-28(22-34(26)46-32)36(40)38-43-17-2-18-44-38/h3-14,19-22,39-40,45-46H,1-2,15-18H2,(H,41,42)(H,43,44). The van der Waals surface area contributed by atoms with Crippen LogP contribution in [0.2, 0.25) is 0 Å². The predicted octanol–water partition coefficient (Wildman–Crippen LogP) is 7.29. The molecule has 6 N–H and O–H groups in total. The first kappa shape index (κ1) is 28.5. The van der Waals surface area contributed by atoms with E-state index in [2.05, 4.69) is 54.9 Å². The molecule has 9 nitrogen and oxygen atoms in total. The van der Waals surface area contributed by atoms with Crippen LogP contribution in [0.3, 0.4) is 0 Å². The number of fused-ring (bicyclic) bond motifs is 2. The number of amidine groups is 2. The van der Waals surface area contributed by atoms with Crippen LogP contribution in [0, 0.1) is 10.8 Å². The van der Waals surface area contributed by atoms with E-state index in [1.807, 2.05) is 72.8 Å². The van der Waals surface area contributed by atoms with Crippen LogP contribution in [0.1, 0.15) is 24.0 Å². The number of rotatable bonds is 8. The molecule has 0 saturated heterocycles. The van der Waals surface area contributed by atoms with Crippen molar-refractivity contribution < 1.29 is 4.74 Å². The summed E-state index contributed by atoms with van der Waals surface area (Å²) in [5.41, 5.74) is 8.63. The summed E-state index contributed by atoms with van der Waals surface area (Å²) in [6.07, 6.45) is 2.01. The number of aromatic nitrogens is 2. The average molecular weight is 619 g/mol. The number of nitrogens with zero attached hydrogens (tertiary/aromatic N) is 2. The summed E-state index contributed by atoms with van der Waals surface area (Å²) >= 11 is 0. The second kappa shape index (κ2) is 12.1. The Labute approximate surface area is 271 Å². The van der Waals surface area contributed by atoms with Crippen LogP contribution in [0.5, 0.6) is 11.5 Å². The smallest absolute Gasteiger partial charge is 0.147 e. The van der Waals surface area contributed by atoms with Gasteiger partial charge in [-0.1, -0.05) is 24.3 Å². The van der Waals surface area contributed by atoms with E-state index in [4.69, 9.17) is 15.6 Å². The van der Waals surface area contributed by atoms with Crippen molar-refractivity contribution in [3.63, 3.8) is 0 Å². The number of hydrogen-bond acceptors (Lipinski definition) is 7. The molecule has 4 aromatic carbocycles. The largest absolute Gasteiger partial charge is 0.457 e. The molecule has 9 heteroatoms. The lowest BCUT2D eigenvalue weighted by Gasteiger charge is -2.15. The molecule has 0 aliphatic carbocycles. The molecule has 2 aromatic heterocycles. The van der Waals surface area contributed by atoms with Gasteiger partial charge in [-0.25, -0.2) is 0 Å². The second-order valence-corrected chi connectivity index (χ2v) is 11.9. The van der Waals surface area contributed by atoms with Crippen molar-refractivity contribution in [2.75, 3.05) is 26.2 Å². The van der Waals surface area contributed by atoms with Gasteiger partial charge in [-0.2, -0.15) is 0 Å². The van der Waals surface area contributed by atoms with Crippen molar-refractivity contribution in [3.8, 4) is 34.0 Å². The van der Waals surface area contributed by atoms with Crippen molar-refractivity contribution in [2.24, 2.45) is 9.98 Å². The van der Waals surface area contributed by atoms with Gasteiger partial charge in [-0.15, -0.1) is 0 Å². The maximum absolute atomic E-state index is 8.58. The number of benzene rings is 4. The van der Waals surface area contributed by atoms with Gasteiger partial charge in [0.25, 0.3) is 0 Å². The van der Waals surface area contributed by atoms with Crippen molar-refractivity contribution in [3.05, 3.63) is 108 Å². The van der Waals surface area contributed by atoms with Gasteiger partial charge in [0.2, 0.25) is 0 Å².